The summed E-state index contributed by atoms with van der Waals surface area (Å²) >= 11 is 0. The number of rotatable bonds is 9. The van der Waals surface area contributed by atoms with Gasteiger partial charge in [-0.3, -0.25) is 9.48 Å². The van der Waals surface area contributed by atoms with Gasteiger partial charge in [0.05, 0.1) is 30.9 Å². The first-order valence-corrected chi connectivity index (χ1v) is 11.1. The summed E-state index contributed by atoms with van der Waals surface area (Å²) in [7, 11) is 0. The Morgan fingerprint density at radius 3 is 2.76 bits per heavy atom. The zero-order valence-electron chi connectivity index (χ0n) is 17.6. The van der Waals surface area contributed by atoms with Gasteiger partial charge in [-0.05, 0) is 57.1 Å². The molecule has 6 heteroatoms. The summed E-state index contributed by atoms with van der Waals surface area (Å²) in [5, 5.41) is 8.87. The standard InChI is InChI=1S/C23H33N3O3/c1-16(24-17(2)27)15-29-21-9-6-20(7-10-21)26-14-19-5-8-22(13-23(19)25-26)28-12-11-18-3-4-18/h5,8,13-14,16,18,20-21H,3-4,6-7,9-12,15H2,1-2H3,(H,24,27)/t16-,20?,21?/m0/s1. The van der Waals surface area contributed by atoms with Crippen LogP contribution in [0.1, 0.15) is 64.8 Å². The van der Waals surface area contributed by atoms with Crippen LogP contribution < -0.4 is 10.1 Å². The first kappa shape index (κ1) is 20.2. The summed E-state index contributed by atoms with van der Waals surface area (Å²) in [6.07, 6.45) is 10.5. The number of hydrogen-bond acceptors (Lipinski definition) is 4. The van der Waals surface area contributed by atoms with Gasteiger partial charge in [-0.1, -0.05) is 12.8 Å². The second kappa shape index (κ2) is 9.16. The second-order valence-corrected chi connectivity index (χ2v) is 8.78. The van der Waals surface area contributed by atoms with E-state index in [2.05, 4.69) is 34.4 Å². The average molecular weight is 400 g/mol. The van der Waals surface area contributed by atoms with Crippen LogP contribution in [0.25, 0.3) is 10.9 Å². The molecule has 1 amide bonds. The van der Waals surface area contributed by atoms with Crippen molar-refractivity contribution < 1.29 is 14.3 Å². The van der Waals surface area contributed by atoms with Gasteiger partial charge in [-0.25, -0.2) is 0 Å². The van der Waals surface area contributed by atoms with Crippen molar-refractivity contribution in [3.05, 3.63) is 24.4 Å². The molecule has 0 radical (unpaired) electrons. The Kier molecular flexibility index (Phi) is 6.38. The molecular formula is C23H33N3O3. The third kappa shape index (κ3) is 5.72. The first-order chi connectivity index (χ1) is 14.1. The summed E-state index contributed by atoms with van der Waals surface area (Å²) in [6.45, 7) is 4.90. The van der Waals surface area contributed by atoms with E-state index in [4.69, 9.17) is 14.6 Å². The van der Waals surface area contributed by atoms with Gasteiger partial charge in [-0.2, -0.15) is 5.10 Å². The molecule has 2 aliphatic carbocycles. The van der Waals surface area contributed by atoms with Crippen molar-refractivity contribution in [2.75, 3.05) is 13.2 Å². The smallest absolute Gasteiger partial charge is 0.217 e. The van der Waals surface area contributed by atoms with E-state index < -0.39 is 0 Å². The number of nitrogens with one attached hydrogen (secondary N) is 1. The van der Waals surface area contributed by atoms with Gasteiger partial charge < -0.3 is 14.8 Å². The third-order valence-electron chi connectivity index (χ3n) is 6.04. The van der Waals surface area contributed by atoms with Crippen molar-refractivity contribution in [1.29, 1.82) is 0 Å². The van der Waals surface area contributed by atoms with Crippen LogP contribution in [-0.4, -0.2) is 41.0 Å². The highest BCUT2D eigenvalue weighted by molar-refractivity contribution is 5.79. The van der Waals surface area contributed by atoms with E-state index in [1.807, 2.05) is 6.92 Å². The van der Waals surface area contributed by atoms with E-state index in [9.17, 15) is 4.79 Å². The molecule has 0 unspecified atom stereocenters. The van der Waals surface area contributed by atoms with Crippen LogP contribution in [0, 0.1) is 5.92 Å². The van der Waals surface area contributed by atoms with Crippen molar-refractivity contribution in [2.45, 2.75) is 77.0 Å². The average Bonchev–Trinajstić information content (AvgIpc) is 3.42. The molecule has 1 N–H and O–H groups in total. The van der Waals surface area contributed by atoms with Gasteiger partial charge >= 0.3 is 0 Å². The maximum absolute atomic E-state index is 11.1. The van der Waals surface area contributed by atoms with E-state index in [0.717, 1.165) is 49.5 Å². The van der Waals surface area contributed by atoms with Crippen molar-refractivity contribution in [1.82, 2.24) is 15.1 Å². The Balaban J connectivity index is 1.27. The number of carbonyl (C=O) groups excluding carboxylic acids is 1. The van der Waals surface area contributed by atoms with Crippen molar-refractivity contribution in [2.24, 2.45) is 5.92 Å². The number of nitrogens with zero attached hydrogens (tertiary/aromatic N) is 2. The second-order valence-electron chi connectivity index (χ2n) is 8.78. The largest absolute Gasteiger partial charge is 0.494 e. The molecule has 0 aliphatic heterocycles. The van der Waals surface area contributed by atoms with Gasteiger partial charge in [0, 0.05) is 30.6 Å². The molecule has 1 atom stereocenters. The minimum Gasteiger partial charge on any atom is -0.494 e. The summed E-state index contributed by atoms with van der Waals surface area (Å²) in [5.41, 5.74) is 1.01. The summed E-state index contributed by atoms with van der Waals surface area (Å²) in [6, 6.07) is 6.72. The molecule has 2 aliphatic rings. The number of aromatic nitrogens is 2. The predicted molar refractivity (Wildman–Crippen MR) is 113 cm³/mol. The normalized spacial score (nSPS) is 23.1. The van der Waals surface area contributed by atoms with Crippen LogP contribution in [0.15, 0.2) is 24.4 Å². The molecule has 29 heavy (non-hydrogen) atoms. The number of fused-ring (bicyclic) bond motifs is 1. The number of ether oxygens (including phenoxy) is 2. The minimum absolute atomic E-state index is 0.00738. The molecule has 6 nitrogen and oxygen atoms in total. The molecule has 158 valence electrons. The molecule has 0 spiro atoms. The molecule has 2 saturated carbocycles. The number of benzene rings is 1. The van der Waals surface area contributed by atoms with Crippen LogP contribution in [0.2, 0.25) is 0 Å². The SMILES string of the molecule is CC(=O)N[C@@H](C)COC1CCC(n2cc3ccc(OCCC4CC4)cc3n2)CC1. The van der Waals surface area contributed by atoms with Crippen LogP contribution in [0.4, 0.5) is 0 Å². The highest BCUT2D eigenvalue weighted by atomic mass is 16.5. The van der Waals surface area contributed by atoms with Crippen molar-refractivity contribution in [3.63, 3.8) is 0 Å². The lowest BCUT2D eigenvalue weighted by Gasteiger charge is -2.29. The third-order valence-corrected chi connectivity index (χ3v) is 6.04. The molecule has 1 heterocycles. The summed E-state index contributed by atoms with van der Waals surface area (Å²) in [5.74, 6) is 1.81. The Hall–Kier alpha value is -2.08. The monoisotopic (exact) mass is 399 g/mol. The molecular weight excluding hydrogens is 366 g/mol. The van der Waals surface area contributed by atoms with Gasteiger partial charge in [0.15, 0.2) is 0 Å². The lowest BCUT2D eigenvalue weighted by Crippen LogP contribution is -2.36. The molecule has 1 aromatic carbocycles. The quantitative estimate of drug-likeness (QED) is 0.685. The van der Waals surface area contributed by atoms with Crippen molar-refractivity contribution in [3.8, 4) is 5.75 Å². The first-order valence-electron chi connectivity index (χ1n) is 11.1. The van der Waals surface area contributed by atoms with Gasteiger partial charge in [0.2, 0.25) is 5.91 Å². The van der Waals surface area contributed by atoms with E-state index in [1.165, 1.54) is 24.6 Å². The van der Waals surface area contributed by atoms with Crippen LogP contribution >= 0.6 is 0 Å². The minimum atomic E-state index is -0.00738. The zero-order valence-corrected chi connectivity index (χ0v) is 17.6. The number of amides is 1. The topological polar surface area (TPSA) is 65.4 Å². The highest BCUT2D eigenvalue weighted by Crippen LogP contribution is 2.33. The number of hydrogen-bond donors (Lipinski definition) is 1. The van der Waals surface area contributed by atoms with E-state index in [-0.39, 0.29) is 18.1 Å². The molecule has 0 saturated heterocycles. The molecule has 4 rings (SSSR count). The Bertz CT molecular complexity index is 822. The lowest BCUT2D eigenvalue weighted by molar-refractivity contribution is -0.120. The maximum atomic E-state index is 11.1. The van der Waals surface area contributed by atoms with Gasteiger partial charge in [0.25, 0.3) is 0 Å². The van der Waals surface area contributed by atoms with Crippen molar-refractivity contribution >= 4 is 16.8 Å². The predicted octanol–water partition coefficient (Wildman–Crippen LogP) is 4.24. The lowest BCUT2D eigenvalue weighted by atomic mass is 9.93. The van der Waals surface area contributed by atoms with Crippen LogP contribution in [0.3, 0.4) is 0 Å². The number of carbonyl (C=O) groups is 1. The highest BCUT2D eigenvalue weighted by Gasteiger charge is 2.24. The summed E-state index contributed by atoms with van der Waals surface area (Å²) in [4.78, 5) is 11.1. The Morgan fingerprint density at radius 2 is 2.03 bits per heavy atom. The Labute approximate surface area is 172 Å². The molecule has 0 bridgehead atoms. The van der Waals surface area contributed by atoms with Gasteiger partial charge in [0.1, 0.15) is 5.75 Å². The van der Waals surface area contributed by atoms with Crippen LogP contribution in [0.5, 0.6) is 5.75 Å². The summed E-state index contributed by atoms with van der Waals surface area (Å²) < 4.78 is 14.0. The van der Waals surface area contributed by atoms with E-state index >= 15 is 0 Å². The van der Waals surface area contributed by atoms with E-state index in [1.54, 1.807) is 6.92 Å². The molecule has 1 aromatic heterocycles. The molecule has 2 aromatic rings. The van der Waals surface area contributed by atoms with Crippen LogP contribution in [-0.2, 0) is 9.53 Å². The fourth-order valence-corrected chi connectivity index (χ4v) is 4.19. The van der Waals surface area contributed by atoms with Gasteiger partial charge in [-0.15, -0.1) is 0 Å². The molecule has 2 fully saturated rings. The zero-order chi connectivity index (χ0) is 20.2. The Morgan fingerprint density at radius 1 is 1.24 bits per heavy atom. The fourth-order valence-electron chi connectivity index (χ4n) is 4.19. The fraction of sp³-hybridized carbons (Fsp3) is 0.652. The van der Waals surface area contributed by atoms with E-state index in [0.29, 0.717) is 12.6 Å². The maximum Gasteiger partial charge on any atom is 0.217 e.